The number of benzene rings is 1. The molecule has 1 aromatic carbocycles. The van der Waals surface area contributed by atoms with Gasteiger partial charge in [-0.2, -0.15) is 0 Å². The Morgan fingerprint density at radius 1 is 1.29 bits per heavy atom. The first-order chi connectivity index (χ1) is 11.7. The average molecular weight is 408 g/mol. The largest absolute Gasteiger partial charge is 0.486 e. The molecule has 0 aliphatic carbocycles. The first kappa shape index (κ1) is 17.0. The highest BCUT2D eigenvalue weighted by Gasteiger charge is 2.16. The molecule has 0 saturated carbocycles. The molecule has 0 spiro atoms. The molecule has 3 rings (SSSR count). The van der Waals surface area contributed by atoms with Gasteiger partial charge in [-0.1, -0.05) is 13.0 Å². The first-order valence-electron chi connectivity index (χ1n) is 7.79. The number of carbonyl (C=O) groups excluding carboxylic acids is 1. The molecule has 1 aliphatic rings. The second-order valence-corrected chi connectivity index (χ2v) is 7.84. The molecule has 126 valence electrons. The van der Waals surface area contributed by atoms with Gasteiger partial charge in [-0.05, 0) is 58.3 Å². The normalized spacial score (nSPS) is 14.6. The van der Waals surface area contributed by atoms with Crippen molar-refractivity contribution >= 4 is 39.2 Å². The van der Waals surface area contributed by atoms with Gasteiger partial charge in [-0.15, -0.1) is 11.3 Å². The number of nitrogens with one attached hydrogen (secondary N) is 1. The standard InChI is InChI=1S/C18H18BrNO3S/c1-2-14(12-3-6-15-16(11-12)23-10-9-22-15)20-18(21)8-5-13-4-7-17(19)24-13/h3-8,11,14H,2,9-10H2,1H3,(H,20,21)/b8-5+. The maximum atomic E-state index is 12.2. The molecule has 0 bridgehead atoms. The highest BCUT2D eigenvalue weighted by Crippen LogP contribution is 2.33. The van der Waals surface area contributed by atoms with Crippen molar-refractivity contribution in [1.82, 2.24) is 5.32 Å². The fraction of sp³-hybridized carbons (Fsp3) is 0.278. The Labute approximate surface area is 153 Å². The van der Waals surface area contributed by atoms with E-state index in [-0.39, 0.29) is 11.9 Å². The van der Waals surface area contributed by atoms with Crippen LogP contribution in [0, 0.1) is 0 Å². The first-order valence-corrected chi connectivity index (χ1v) is 9.40. The van der Waals surface area contributed by atoms with Gasteiger partial charge in [0.25, 0.3) is 0 Å². The number of hydrogen-bond acceptors (Lipinski definition) is 4. The van der Waals surface area contributed by atoms with Crippen molar-refractivity contribution in [2.45, 2.75) is 19.4 Å². The van der Waals surface area contributed by atoms with Gasteiger partial charge in [0.2, 0.25) is 5.91 Å². The van der Waals surface area contributed by atoms with Crippen LogP contribution in [-0.4, -0.2) is 19.1 Å². The van der Waals surface area contributed by atoms with E-state index in [1.807, 2.05) is 43.3 Å². The van der Waals surface area contributed by atoms with Crippen molar-refractivity contribution in [2.24, 2.45) is 0 Å². The van der Waals surface area contributed by atoms with E-state index in [2.05, 4.69) is 21.2 Å². The summed E-state index contributed by atoms with van der Waals surface area (Å²) in [5.74, 6) is 1.39. The number of fused-ring (bicyclic) bond motifs is 1. The Balaban J connectivity index is 1.67. The van der Waals surface area contributed by atoms with Crippen LogP contribution in [0.3, 0.4) is 0 Å². The minimum atomic E-state index is -0.110. The quantitative estimate of drug-likeness (QED) is 0.738. The molecule has 6 heteroatoms. The molecule has 1 aliphatic heterocycles. The third kappa shape index (κ3) is 4.19. The average Bonchev–Trinajstić information content (AvgIpc) is 3.03. The van der Waals surface area contributed by atoms with Gasteiger partial charge in [0.1, 0.15) is 13.2 Å². The Hall–Kier alpha value is -1.79. The van der Waals surface area contributed by atoms with Gasteiger partial charge in [-0.3, -0.25) is 4.79 Å². The maximum absolute atomic E-state index is 12.2. The zero-order chi connectivity index (χ0) is 16.9. The van der Waals surface area contributed by atoms with Crippen molar-refractivity contribution in [1.29, 1.82) is 0 Å². The van der Waals surface area contributed by atoms with Crippen molar-refractivity contribution in [3.8, 4) is 11.5 Å². The number of amides is 1. The van der Waals surface area contributed by atoms with E-state index >= 15 is 0 Å². The summed E-state index contributed by atoms with van der Waals surface area (Å²) in [5, 5.41) is 3.04. The van der Waals surface area contributed by atoms with E-state index in [4.69, 9.17) is 9.47 Å². The SMILES string of the molecule is CCC(NC(=O)/C=C/c1ccc(Br)s1)c1ccc2c(c1)OCCO2. The summed E-state index contributed by atoms with van der Waals surface area (Å²) >= 11 is 5.00. The lowest BCUT2D eigenvalue weighted by Gasteiger charge is -2.22. The predicted molar refractivity (Wildman–Crippen MR) is 99.7 cm³/mol. The number of rotatable bonds is 5. The molecule has 0 radical (unpaired) electrons. The zero-order valence-corrected chi connectivity index (χ0v) is 15.7. The molecule has 24 heavy (non-hydrogen) atoms. The van der Waals surface area contributed by atoms with Crippen LogP contribution in [0.1, 0.15) is 29.8 Å². The summed E-state index contributed by atoms with van der Waals surface area (Å²) in [6, 6.07) is 9.69. The Bertz CT molecular complexity index is 756. The minimum absolute atomic E-state index is 0.0620. The molecule has 1 unspecified atom stereocenters. The fourth-order valence-corrected chi connectivity index (χ4v) is 3.82. The van der Waals surface area contributed by atoms with Crippen molar-refractivity contribution in [3.05, 3.63) is 50.6 Å². The number of ether oxygens (including phenoxy) is 2. The van der Waals surface area contributed by atoms with Crippen molar-refractivity contribution < 1.29 is 14.3 Å². The van der Waals surface area contributed by atoms with Crippen LogP contribution in [0.5, 0.6) is 11.5 Å². The third-order valence-electron chi connectivity index (χ3n) is 3.69. The van der Waals surface area contributed by atoms with Crippen LogP contribution >= 0.6 is 27.3 Å². The van der Waals surface area contributed by atoms with Crippen LogP contribution in [-0.2, 0) is 4.79 Å². The lowest BCUT2D eigenvalue weighted by molar-refractivity contribution is -0.117. The van der Waals surface area contributed by atoms with Gasteiger partial charge in [0.15, 0.2) is 11.5 Å². The second-order valence-electron chi connectivity index (χ2n) is 5.35. The smallest absolute Gasteiger partial charge is 0.244 e. The van der Waals surface area contributed by atoms with E-state index in [0.717, 1.165) is 32.1 Å². The van der Waals surface area contributed by atoms with Gasteiger partial charge in [0.05, 0.1) is 9.83 Å². The number of thiophene rings is 1. The summed E-state index contributed by atoms with van der Waals surface area (Å²) in [6.07, 6.45) is 4.18. The maximum Gasteiger partial charge on any atom is 0.244 e. The summed E-state index contributed by atoms with van der Waals surface area (Å²) in [5.41, 5.74) is 1.02. The molecular weight excluding hydrogens is 390 g/mol. The van der Waals surface area contributed by atoms with Crippen LogP contribution in [0.15, 0.2) is 40.2 Å². The zero-order valence-electron chi connectivity index (χ0n) is 13.3. The van der Waals surface area contributed by atoms with Gasteiger partial charge < -0.3 is 14.8 Å². The van der Waals surface area contributed by atoms with E-state index in [9.17, 15) is 4.79 Å². The Kier molecular flexibility index (Phi) is 5.58. The van der Waals surface area contributed by atoms with Crippen LogP contribution in [0.25, 0.3) is 6.08 Å². The van der Waals surface area contributed by atoms with Crippen molar-refractivity contribution in [2.75, 3.05) is 13.2 Å². The monoisotopic (exact) mass is 407 g/mol. The number of carbonyl (C=O) groups is 1. The van der Waals surface area contributed by atoms with E-state index in [1.165, 1.54) is 0 Å². The summed E-state index contributed by atoms with van der Waals surface area (Å²) in [6.45, 7) is 3.17. The molecule has 0 saturated heterocycles. The Morgan fingerprint density at radius 3 is 2.79 bits per heavy atom. The van der Waals surface area contributed by atoms with Gasteiger partial charge in [0, 0.05) is 11.0 Å². The molecule has 1 atom stereocenters. The fourth-order valence-electron chi connectivity index (χ4n) is 2.49. The third-order valence-corrected chi connectivity index (χ3v) is 5.28. The highest BCUT2D eigenvalue weighted by atomic mass is 79.9. The summed E-state index contributed by atoms with van der Waals surface area (Å²) in [7, 11) is 0. The molecule has 1 amide bonds. The van der Waals surface area contributed by atoms with E-state index in [1.54, 1.807) is 17.4 Å². The summed E-state index contributed by atoms with van der Waals surface area (Å²) < 4.78 is 12.2. The molecule has 4 nitrogen and oxygen atoms in total. The topological polar surface area (TPSA) is 47.6 Å². The Morgan fingerprint density at radius 2 is 2.08 bits per heavy atom. The van der Waals surface area contributed by atoms with Crippen molar-refractivity contribution in [3.63, 3.8) is 0 Å². The lowest BCUT2D eigenvalue weighted by Crippen LogP contribution is -2.26. The highest BCUT2D eigenvalue weighted by molar-refractivity contribution is 9.11. The number of hydrogen-bond donors (Lipinski definition) is 1. The second kappa shape index (κ2) is 7.85. The lowest BCUT2D eigenvalue weighted by atomic mass is 10.0. The molecule has 1 N–H and O–H groups in total. The van der Waals surface area contributed by atoms with Crippen LogP contribution in [0.2, 0.25) is 0 Å². The van der Waals surface area contributed by atoms with Gasteiger partial charge >= 0.3 is 0 Å². The molecule has 2 heterocycles. The minimum Gasteiger partial charge on any atom is -0.486 e. The van der Waals surface area contributed by atoms with Crippen LogP contribution in [0.4, 0.5) is 0 Å². The van der Waals surface area contributed by atoms with E-state index in [0.29, 0.717) is 13.2 Å². The number of halogens is 1. The molecule has 2 aromatic rings. The van der Waals surface area contributed by atoms with E-state index < -0.39 is 0 Å². The molecule has 0 fully saturated rings. The van der Waals surface area contributed by atoms with Gasteiger partial charge in [-0.25, -0.2) is 0 Å². The summed E-state index contributed by atoms with van der Waals surface area (Å²) in [4.78, 5) is 13.2. The molecular formula is C18H18BrNO3S. The predicted octanol–water partition coefficient (Wildman–Crippen LogP) is 4.56. The molecule has 1 aromatic heterocycles. The van der Waals surface area contributed by atoms with Crippen LogP contribution < -0.4 is 14.8 Å².